The molecule has 0 saturated carbocycles. The van der Waals surface area contributed by atoms with E-state index in [1.165, 1.54) is 5.56 Å². The lowest BCUT2D eigenvalue weighted by Gasteiger charge is -2.19. The number of nitrogens with zero attached hydrogens (tertiary/aromatic N) is 2. The number of hydrogen-bond donors (Lipinski definition) is 2. The van der Waals surface area contributed by atoms with Crippen LogP contribution in [0.3, 0.4) is 0 Å². The molecule has 2 N–H and O–H groups in total. The van der Waals surface area contributed by atoms with Gasteiger partial charge in [-0.25, -0.2) is 4.99 Å². The minimum absolute atomic E-state index is 0. The first-order chi connectivity index (χ1) is 14.0. The highest BCUT2D eigenvalue weighted by atomic mass is 127. The molecular weight excluding hydrogens is 491 g/mol. The van der Waals surface area contributed by atoms with Gasteiger partial charge in [0.05, 0.1) is 12.6 Å². The fraction of sp³-hybridized carbons (Fsp3) is 0.391. The first kappa shape index (κ1) is 25.7. The lowest BCUT2D eigenvalue weighted by atomic mass is 10.1. The maximum atomic E-state index is 11.9. The van der Waals surface area contributed by atoms with Gasteiger partial charge in [-0.1, -0.05) is 42.5 Å². The van der Waals surface area contributed by atoms with Crippen LogP contribution in [0.25, 0.3) is 0 Å². The maximum absolute atomic E-state index is 11.9. The first-order valence-corrected chi connectivity index (χ1v) is 10.0. The van der Waals surface area contributed by atoms with Gasteiger partial charge in [0.1, 0.15) is 12.3 Å². The van der Waals surface area contributed by atoms with Gasteiger partial charge >= 0.3 is 0 Å². The SMILES string of the molecule is CCOc1cccc(CCNC(=NCC(=O)N(C)C)NC(C)c2ccccc2)c1.I. The van der Waals surface area contributed by atoms with Crippen molar-refractivity contribution in [3.05, 3.63) is 65.7 Å². The lowest BCUT2D eigenvalue weighted by molar-refractivity contribution is -0.127. The van der Waals surface area contributed by atoms with E-state index in [1.807, 2.05) is 37.3 Å². The number of rotatable bonds is 9. The number of carbonyl (C=O) groups is 1. The number of likely N-dealkylation sites (N-methyl/N-ethyl adjacent to an activating group) is 1. The fourth-order valence-corrected chi connectivity index (χ4v) is 2.75. The minimum atomic E-state index is -0.0390. The number of ether oxygens (including phenoxy) is 1. The number of carbonyl (C=O) groups excluding carboxylic acids is 1. The zero-order valence-electron chi connectivity index (χ0n) is 18.2. The Labute approximate surface area is 197 Å². The largest absolute Gasteiger partial charge is 0.494 e. The maximum Gasteiger partial charge on any atom is 0.243 e. The van der Waals surface area contributed by atoms with Crippen molar-refractivity contribution in [3.8, 4) is 5.75 Å². The van der Waals surface area contributed by atoms with Crippen LogP contribution in [0.5, 0.6) is 5.75 Å². The van der Waals surface area contributed by atoms with Crippen molar-refractivity contribution in [1.29, 1.82) is 0 Å². The van der Waals surface area contributed by atoms with E-state index in [0.717, 1.165) is 17.7 Å². The average molecular weight is 524 g/mol. The summed E-state index contributed by atoms with van der Waals surface area (Å²) in [6.45, 7) is 5.50. The Morgan fingerprint density at radius 1 is 1.13 bits per heavy atom. The number of benzene rings is 2. The van der Waals surface area contributed by atoms with E-state index in [-0.39, 0.29) is 42.5 Å². The van der Waals surface area contributed by atoms with Gasteiger partial charge in [0.25, 0.3) is 0 Å². The molecule has 7 heteroatoms. The van der Waals surface area contributed by atoms with Gasteiger partial charge in [-0.05, 0) is 43.5 Å². The standard InChI is InChI=1S/C23H32N4O2.HI/c1-5-29-21-13-9-10-19(16-21)14-15-24-23(25-17-22(28)27(3)4)26-18(2)20-11-7-6-8-12-20;/h6-13,16,18H,5,14-15,17H2,1-4H3,(H2,24,25,26);1H. The zero-order chi connectivity index (χ0) is 21.1. The van der Waals surface area contributed by atoms with Crippen LogP contribution in [0, 0.1) is 0 Å². The highest BCUT2D eigenvalue weighted by Gasteiger charge is 2.09. The van der Waals surface area contributed by atoms with Gasteiger partial charge < -0.3 is 20.3 Å². The van der Waals surface area contributed by atoms with E-state index >= 15 is 0 Å². The summed E-state index contributed by atoms with van der Waals surface area (Å²) in [7, 11) is 3.46. The summed E-state index contributed by atoms with van der Waals surface area (Å²) in [4.78, 5) is 18.0. The summed E-state index contributed by atoms with van der Waals surface area (Å²) in [6, 6.07) is 18.3. The smallest absolute Gasteiger partial charge is 0.243 e. The Balaban J connectivity index is 0.00000450. The molecule has 1 atom stereocenters. The van der Waals surface area contributed by atoms with Crippen LogP contribution in [0.1, 0.15) is 31.0 Å². The average Bonchev–Trinajstić information content (AvgIpc) is 2.72. The third-order valence-electron chi connectivity index (χ3n) is 4.44. The van der Waals surface area contributed by atoms with Crippen LogP contribution < -0.4 is 15.4 Å². The number of aliphatic imine (C=N–C) groups is 1. The molecule has 1 amide bonds. The second-order valence-corrected chi connectivity index (χ2v) is 6.99. The molecule has 0 heterocycles. The molecule has 30 heavy (non-hydrogen) atoms. The van der Waals surface area contributed by atoms with E-state index in [4.69, 9.17) is 4.74 Å². The Bertz CT molecular complexity index is 797. The highest BCUT2D eigenvalue weighted by Crippen LogP contribution is 2.13. The molecular formula is C23H33IN4O2. The van der Waals surface area contributed by atoms with E-state index in [0.29, 0.717) is 19.1 Å². The molecule has 0 spiro atoms. The number of amides is 1. The summed E-state index contributed by atoms with van der Waals surface area (Å²) < 4.78 is 5.56. The summed E-state index contributed by atoms with van der Waals surface area (Å²) in [5, 5.41) is 6.73. The molecule has 0 aliphatic carbocycles. The molecule has 2 rings (SSSR count). The van der Waals surface area contributed by atoms with Crippen LogP contribution >= 0.6 is 24.0 Å². The van der Waals surface area contributed by atoms with E-state index in [9.17, 15) is 4.79 Å². The normalized spacial score (nSPS) is 11.8. The van der Waals surface area contributed by atoms with Crippen LogP contribution in [0.2, 0.25) is 0 Å². The van der Waals surface area contributed by atoms with Gasteiger partial charge in [0.2, 0.25) is 5.91 Å². The van der Waals surface area contributed by atoms with Crippen molar-refractivity contribution in [2.75, 3.05) is 33.8 Å². The molecule has 0 saturated heterocycles. The molecule has 0 radical (unpaired) electrons. The molecule has 2 aromatic carbocycles. The monoisotopic (exact) mass is 524 g/mol. The quantitative estimate of drug-likeness (QED) is 0.299. The third-order valence-corrected chi connectivity index (χ3v) is 4.44. The first-order valence-electron chi connectivity index (χ1n) is 10.0. The van der Waals surface area contributed by atoms with Gasteiger partial charge in [-0.3, -0.25) is 4.79 Å². The zero-order valence-corrected chi connectivity index (χ0v) is 20.6. The number of nitrogens with one attached hydrogen (secondary N) is 2. The second kappa shape index (κ2) is 13.8. The van der Waals surface area contributed by atoms with Gasteiger partial charge in [0, 0.05) is 20.6 Å². The van der Waals surface area contributed by atoms with E-state index in [2.05, 4.69) is 46.8 Å². The highest BCUT2D eigenvalue weighted by molar-refractivity contribution is 14.0. The van der Waals surface area contributed by atoms with E-state index in [1.54, 1.807) is 19.0 Å². The number of halogens is 1. The molecule has 0 aliphatic heterocycles. The molecule has 2 aromatic rings. The van der Waals surface area contributed by atoms with E-state index < -0.39 is 0 Å². The van der Waals surface area contributed by atoms with Crippen molar-refractivity contribution < 1.29 is 9.53 Å². The summed E-state index contributed by atoms with van der Waals surface area (Å²) in [6.07, 6.45) is 0.822. The van der Waals surface area contributed by atoms with Gasteiger partial charge in [-0.15, -0.1) is 24.0 Å². The molecule has 0 aliphatic rings. The topological polar surface area (TPSA) is 66.0 Å². The van der Waals surface area contributed by atoms with Crippen molar-refractivity contribution in [2.24, 2.45) is 4.99 Å². The third kappa shape index (κ3) is 9.02. The summed E-state index contributed by atoms with van der Waals surface area (Å²) in [5.74, 6) is 1.46. The predicted octanol–water partition coefficient (Wildman–Crippen LogP) is 3.63. The molecule has 0 aromatic heterocycles. The Hall–Kier alpha value is -2.29. The van der Waals surface area contributed by atoms with Crippen molar-refractivity contribution in [3.63, 3.8) is 0 Å². The van der Waals surface area contributed by atoms with Crippen molar-refractivity contribution in [2.45, 2.75) is 26.3 Å². The number of hydrogen-bond acceptors (Lipinski definition) is 3. The molecule has 164 valence electrons. The van der Waals surface area contributed by atoms with Crippen molar-refractivity contribution in [1.82, 2.24) is 15.5 Å². The number of guanidine groups is 1. The van der Waals surface area contributed by atoms with Crippen LogP contribution in [-0.4, -0.2) is 50.6 Å². The lowest BCUT2D eigenvalue weighted by Crippen LogP contribution is -2.40. The van der Waals surface area contributed by atoms with Crippen LogP contribution in [0.4, 0.5) is 0 Å². The van der Waals surface area contributed by atoms with Crippen LogP contribution in [0.15, 0.2) is 59.6 Å². The Kier molecular flexibility index (Phi) is 11.9. The van der Waals surface area contributed by atoms with Gasteiger partial charge in [-0.2, -0.15) is 0 Å². The minimum Gasteiger partial charge on any atom is -0.494 e. The molecule has 1 unspecified atom stereocenters. The second-order valence-electron chi connectivity index (χ2n) is 6.99. The van der Waals surface area contributed by atoms with Crippen LogP contribution in [-0.2, 0) is 11.2 Å². The molecule has 0 fully saturated rings. The Morgan fingerprint density at radius 2 is 1.87 bits per heavy atom. The Morgan fingerprint density at radius 3 is 2.53 bits per heavy atom. The van der Waals surface area contributed by atoms with Gasteiger partial charge in [0.15, 0.2) is 5.96 Å². The fourth-order valence-electron chi connectivity index (χ4n) is 2.75. The molecule has 6 nitrogen and oxygen atoms in total. The van der Waals surface area contributed by atoms with Crippen molar-refractivity contribution >= 4 is 35.8 Å². The molecule has 0 bridgehead atoms. The predicted molar refractivity (Wildman–Crippen MR) is 134 cm³/mol. The summed E-state index contributed by atoms with van der Waals surface area (Å²) in [5.41, 5.74) is 2.34. The summed E-state index contributed by atoms with van der Waals surface area (Å²) >= 11 is 0.